The minimum atomic E-state index is -0.510. The summed E-state index contributed by atoms with van der Waals surface area (Å²) in [7, 11) is 0. The van der Waals surface area contributed by atoms with E-state index in [9.17, 15) is 4.79 Å². The quantitative estimate of drug-likeness (QED) is 0.765. The van der Waals surface area contributed by atoms with Crippen LogP contribution < -0.4 is 5.73 Å². The SMILES string of the molecule is C[C@@H]1CN(Cc2ccc(-c3ccc(C(N)=O)c4ncnn34)cc2)C[C@H](C)O1. The second kappa shape index (κ2) is 7.09. The van der Waals surface area contributed by atoms with Crippen molar-refractivity contribution in [3.05, 3.63) is 53.9 Å². The van der Waals surface area contributed by atoms with Crippen molar-refractivity contribution in [2.75, 3.05) is 13.1 Å². The second-order valence-corrected chi connectivity index (χ2v) is 7.14. The number of nitrogens with zero attached hydrogens (tertiary/aromatic N) is 4. The Morgan fingerprint density at radius 3 is 2.52 bits per heavy atom. The standard InChI is InChI=1S/C20H23N5O2/c1-13-9-24(10-14(2)27-13)11-15-3-5-16(6-4-15)18-8-7-17(19(21)26)20-22-12-23-25(18)20/h3-8,12-14H,9-11H2,1-2H3,(H2,21,26)/t13-,14+. The molecular weight excluding hydrogens is 342 g/mol. The van der Waals surface area contributed by atoms with Crippen LogP contribution in [-0.4, -0.2) is 50.7 Å². The van der Waals surface area contributed by atoms with E-state index in [2.05, 4.69) is 53.1 Å². The molecular formula is C20H23N5O2. The molecule has 0 unspecified atom stereocenters. The van der Waals surface area contributed by atoms with Crippen molar-refractivity contribution in [2.24, 2.45) is 5.73 Å². The van der Waals surface area contributed by atoms with E-state index in [0.29, 0.717) is 11.2 Å². The van der Waals surface area contributed by atoms with Gasteiger partial charge in [0.15, 0.2) is 5.65 Å². The molecule has 1 aliphatic rings. The first kappa shape index (κ1) is 17.6. The highest BCUT2D eigenvalue weighted by atomic mass is 16.5. The Kier molecular flexibility index (Phi) is 4.63. The largest absolute Gasteiger partial charge is 0.373 e. The van der Waals surface area contributed by atoms with E-state index in [1.807, 2.05) is 6.07 Å². The van der Waals surface area contributed by atoms with E-state index >= 15 is 0 Å². The molecule has 2 aromatic heterocycles. The number of fused-ring (bicyclic) bond motifs is 1. The van der Waals surface area contributed by atoms with Gasteiger partial charge in [0.1, 0.15) is 6.33 Å². The monoisotopic (exact) mass is 365 g/mol. The van der Waals surface area contributed by atoms with Crippen LogP contribution in [0.3, 0.4) is 0 Å². The normalized spacial score (nSPS) is 20.8. The van der Waals surface area contributed by atoms with E-state index in [-0.39, 0.29) is 12.2 Å². The lowest BCUT2D eigenvalue weighted by atomic mass is 10.1. The van der Waals surface area contributed by atoms with Gasteiger partial charge in [0.2, 0.25) is 0 Å². The fourth-order valence-corrected chi connectivity index (χ4v) is 3.77. The van der Waals surface area contributed by atoms with Gasteiger partial charge in [0.05, 0.1) is 23.5 Å². The van der Waals surface area contributed by atoms with Crippen LogP contribution in [-0.2, 0) is 11.3 Å². The summed E-state index contributed by atoms with van der Waals surface area (Å²) < 4.78 is 7.45. The number of ether oxygens (including phenoxy) is 1. The highest BCUT2D eigenvalue weighted by Gasteiger charge is 2.22. The Labute approximate surface area is 157 Å². The van der Waals surface area contributed by atoms with Crippen LogP contribution in [0.1, 0.15) is 29.8 Å². The van der Waals surface area contributed by atoms with Crippen LogP contribution in [0.15, 0.2) is 42.7 Å². The van der Waals surface area contributed by atoms with Crippen LogP contribution in [0.5, 0.6) is 0 Å². The van der Waals surface area contributed by atoms with Gasteiger partial charge in [-0.15, -0.1) is 0 Å². The van der Waals surface area contributed by atoms with Gasteiger partial charge < -0.3 is 10.5 Å². The maximum atomic E-state index is 11.6. The molecule has 4 rings (SSSR count). The summed E-state index contributed by atoms with van der Waals surface area (Å²) >= 11 is 0. The number of hydrogen-bond donors (Lipinski definition) is 1. The maximum absolute atomic E-state index is 11.6. The Morgan fingerprint density at radius 2 is 1.85 bits per heavy atom. The number of hydrogen-bond acceptors (Lipinski definition) is 5. The van der Waals surface area contributed by atoms with E-state index in [0.717, 1.165) is 30.9 Å². The average molecular weight is 365 g/mol. The number of carbonyl (C=O) groups excluding carboxylic acids is 1. The summed E-state index contributed by atoms with van der Waals surface area (Å²) in [5, 5.41) is 4.25. The van der Waals surface area contributed by atoms with Gasteiger partial charge in [-0.05, 0) is 31.5 Å². The van der Waals surface area contributed by atoms with Gasteiger partial charge in [-0.1, -0.05) is 24.3 Å². The molecule has 7 nitrogen and oxygen atoms in total. The summed E-state index contributed by atoms with van der Waals surface area (Å²) in [6.45, 7) is 7.02. The highest BCUT2D eigenvalue weighted by molar-refractivity contribution is 5.99. The number of benzene rings is 1. The smallest absolute Gasteiger partial charge is 0.252 e. The number of morpholine rings is 1. The zero-order valence-corrected chi connectivity index (χ0v) is 15.5. The first-order valence-corrected chi connectivity index (χ1v) is 9.11. The second-order valence-electron chi connectivity index (χ2n) is 7.14. The van der Waals surface area contributed by atoms with Gasteiger partial charge in [-0.2, -0.15) is 5.10 Å². The molecule has 0 bridgehead atoms. The summed E-state index contributed by atoms with van der Waals surface area (Å²) in [6.07, 6.45) is 1.95. The number of aromatic nitrogens is 3. The van der Waals surface area contributed by atoms with Crippen molar-refractivity contribution in [1.29, 1.82) is 0 Å². The van der Waals surface area contributed by atoms with Crippen molar-refractivity contribution < 1.29 is 9.53 Å². The van der Waals surface area contributed by atoms with Crippen molar-refractivity contribution in [3.8, 4) is 11.3 Å². The molecule has 140 valence electrons. The third-order valence-corrected chi connectivity index (χ3v) is 4.84. The van der Waals surface area contributed by atoms with Crippen LogP contribution in [0.4, 0.5) is 0 Å². The topological polar surface area (TPSA) is 85.8 Å². The van der Waals surface area contributed by atoms with Crippen molar-refractivity contribution >= 4 is 11.6 Å². The average Bonchev–Trinajstić information content (AvgIpc) is 3.10. The Hall–Kier alpha value is -2.77. The van der Waals surface area contributed by atoms with Crippen molar-refractivity contribution in [2.45, 2.75) is 32.6 Å². The van der Waals surface area contributed by atoms with Gasteiger partial charge >= 0.3 is 0 Å². The van der Waals surface area contributed by atoms with Gasteiger partial charge in [-0.3, -0.25) is 9.69 Å². The Morgan fingerprint density at radius 1 is 1.15 bits per heavy atom. The van der Waals surface area contributed by atoms with E-state index in [1.165, 1.54) is 11.9 Å². The molecule has 0 radical (unpaired) electrons. The Bertz CT molecular complexity index is 956. The van der Waals surface area contributed by atoms with Crippen LogP contribution in [0, 0.1) is 0 Å². The molecule has 27 heavy (non-hydrogen) atoms. The molecule has 7 heteroatoms. The fourth-order valence-electron chi connectivity index (χ4n) is 3.77. The number of pyridine rings is 1. The molecule has 1 aromatic carbocycles. The van der Waals surface area contributed by atoms with Gasteiger partial charge in [0.25, 0.3) is 5.91 Å². The summed E-state index contributed by atoms with van der Waals surface area (Å²) in [6, 6.07) is 12.0. The molecule has 0 aliphatic carbocycles. The third-order valence-electron chi connectivity index (χ3n) is 4.84. The lowest BCUT2D eigenvalue weighted by molar-refractivity contribution is -0.0704. The number of rotatable bonds is 4. The zero-order valence-electron chi connectivity index (χ0n) is 15.5. The first-order chi connectivity index (χ1) is 13.0. The molecule has 2 N–H and O–H groups in total. The number of amides is 1. The predicted octanol–water partition coefficient (Wildman–Crippen LogP) is 2.10. The number of nitrogens with two attached hydrogens (primary N) is 1. The molecule has 3 aromatic rings. The van der Waals surface area contributed by atoms with E-state index < -0.39 is 5.91 Å². The summed E-state index contributed by atoms with van der Waals surface area (Å²) in [4.78, 5) is 18.2. The molecule has 1 saturated heterocycles. The van der Waals surface area contributed by atoms with E-state index in [1.54, 1.807) is 10.6 Å². The molecule has 1 amide bonds. The predicted molar refractivity (Wildman–Crippen MR) is 102 cm³/mol. The molecule has 1 fully saturated rings. The lowest BCUT2D eigenvalue weighted by Crippen LogP contribution is -2.44. The van der Waals surface area contributed by atoms with Gasteiger partial charge in [0, 0.05) is 25.2 Å². The molecule has 0 saturated carbocycles. The molecule has 2 atom stereocenters. The molecule has 0 spiro atoms. The fraction of sp³-hybridized carbons (Fsp3) is 0.350. The summed E-state index contributed by atoms with van der Waals surface area (Å²) in [5.74, 6) is -0.510. The first-order valence-electron chi connectivity index (χ1n) is 9.11. The Balaban J connectivity index is 1.58. The lowest BCUT2D eigenvalue weighted by Gasteiger charge is -2.35. The molecule has 3 heterocycles. The van der Waals surface area contributed by atoms with Crippen LogP contribution in [0.2, 0.25) is 0 Å². The van der Waals surface area contributed by atoms with Crippen molar-refractivity contribution in [1.82, 2.24) is 19.5 Å². The van der Waals surface area contributed by atoms with Crippen molar-refractivity contribution in [3.63, 3.8) is 0 Å². The van der Waals surface area contributed by atoms with Crippen LogP contribution in [0.25, 0.3) is 16.9 Å². The highest BCUT2D eigenvalue weighted by Crippen LogP contribution is 2.23. The zero-order chi connectivity index (χ0) is 19.0. The number of primary amides is 1. The van der Waals surface area contributed by atoms with Gasteiger partial charge in [-0.25, -0.2) is 9.50 Å². The maximum Gasteiger partial charge on any atom is 0.252 e. The van der Waals surface area contributed by atoms with Crippen LogP contribution >= 0.6 is 0 Å². The molecule has 1 aliphatic heterocycles. The third kappa shape index (κ3) is 3.56. The minimum absolute atomic E-state index is 0.261. The number of carbonyl (C=O) groups is 1. The van der Waals surface area contributed by atoms with E-state index in [4.69, 9.17) is 10.5 Å². The minimum Gasteiger partial charge on any atom is -0.373 e. The summed E-state index contributed by atoms with van der Waals surface area (Å²) in [5.41, 5.74) is 9.39.